The first-order valence-electron chi connectivity index (χ1n) is 8.07. The maximum atomic E-state index is 12.4. The largest absolute Gasteiger partial charge is 0.495 e. The third-order valence-electron chi connectivity index (χ3n) is 4.07. The average molecular weight is 436 g/mol. The lowest BCUT2D eigenvalue weighted by Crippen LogP contribution is -2.19. The Morgan fingerprint density at radius 3 is 2.93 bits per heavy atom. The first-order valence-corrected chi connectivity index (χ1v) is 10.3. The number of nitrogens with one attached hydrogen (secondary N) is 1. The number of halogens is 1. The molecule has 0 saturated heterocycles. The van der Waals surface area contributed by atoms with Gasteiger partial charge < -0.3 is 10.1 Å². The minimum absolute atomic E-state index is 0.115. The number of fused-ring (bicyclic) bond motifs is 3. The van der Waals surface area contributed by atoms with Crippen LogP contribution in [0.3, 0.4) is 0 Å². The van der Waals surface area contributed by atoms with Crippen molar-refractivity contribution < 1.29 is 9.53 Å². The van der Waals surface area contributed by atoms with E-state index in [9.17, 15) is 9.59 Å². The summed E-state index contributed by atoms with van der Waals surface area (Å²) in [4.78, 5) is 24.7. The number of rotatable bonds is 5. The SMILES string of the molecule is COc1ccc(NC(=O)CSc2nnc3n(C)c(=O)c4sccc4n23)cc1Cl. The second kappa shape index (κ2) is 7.46. The number of nitrogens with zero attached hydrogens (tertiary/aromatic N) is 4. The number of aryl methyl sites for hydroxylation is 1. The Balaban J connectivity index is 1.55. The molecule has 0 bridgehead atoms. The van der Waals surface area contributed by atoms with Gasteiger partial charge in [-0.05, 0) is 29.6 Å². The van der Waals surface area contributed by atoms with E-state index in [1.165, 1.54) is 34.8 Å². The van der Waals surface area contributed by atoms with Gasteiger partial charge in [-0.3, -0.25) is 18.6 Å². The van der Waals surface area contributed by atoms with Gasteiger partial charge in [-0.15, -0.1) is 21.5 Å². The van der Waals surface area contributed by atoms with Crippen LogP contribution in [-0.4, -0.2) is 37.9 Å². The molecule has 4 rings (SSSR count). The molecule has 28 heavy (non-hydrogen) atoms. The van der Waals surface area contributed by atoms with Crippen molar-refractivity contribution in [1.82, 2.24) is 19.2 Å². The molecule has 1 N–H and O–H groups in total. The fourth-order valence-electron chi connectivity index (χ4n) is 2.74. The smallest absolute Gasteiger partial charge is 0.272 e. The van der Waals surface area contributed by atoms with Crippen molar-refractivity contribution in [3.05, 3.63) is 45.0 Å². The zero-order valence-corrected chi connectivity index (χ0v) is 17.2. The fraction of sp³-hybridized carbons (Fsp3) is 0.176. The number of amides is 1. The number of carbonyl (C=O) groups is 1. The number of anilines is 1. The molecule has 11 heteroatoms. The quantitative estimate of drug-likeness (QED) is 0.484. The van der Waals surface area contributed by atoms with E-state index in [4.69, 9.17) is 16.3 Å². The number of methoxy groups -OCH3 is 1. The summed E-state index contributed by atoms with van der Waals surface area (Å²) < 4.78 is 8.96. The average Bonchev–Trinajstić information content (AvgIpc) is 3.31. The predicted octanol–water partition coefficient (Wildman–Crippen LogP) is 3.04. The number of ether oxygens (including phenoxy) is 1. The lowest BCUT2D eigenvalue weighted by atomic mass is 10.3. The number of hydrogen-bond acceptors (Lipinski definition) is 7. The molecule has 0 saturated carbocycles. The zero-order chi connectivity index (χ0) is 19.8. The van der Waals surface area contributed by atoms with E-state index in [0.717, 1.165) is 5.52 Å². The maximum absolute atomic E-state index is 12.4. The van der Waals surface area contributed by atoms with Crippen LogP contribution in [0.15, 0.2) is 39.6 Å². The van der Waals surface area contributed by atoms with E-state index >= 15 is 0 Å². The Morgan fingerprint density at radius 2 is 2.18 bits per heavy atom. The summed E-state index contributed by atoms with van der Waals surface area (Å²) >= 11 is 8.68. The van der Waals surface area contributed by atoms with Crippen LogP contribution in [0, 0.1) is 0 Å². The van der Waals surface area contributed by atoms with Gasteiger partial charge in [0.15, 0.2) is 5.16 Å². The number of hydrogen-bond donors (Lipinski definition) is 1. The minimum atomic E-state index is -0.214. The summed E-state index contributed by atoms with van der Waals surface area (Å²) in [5.74, 6) is 0.878. The molecular weight excluding hydrogens is 422 g/mol. The van der Waals surface area contributed by atoms with Crippen molar-refractivity contribution in [2.24, 2.45) is 7.05 Å². The Bertz CT molecular complexity index is 1260. The molecule has 0 atom stereocenters. The van der Waals surface area contributed by atoms with Gasteiger partial charge in [-0.1, -0.05) is 23.4 Å². The zero-order valence-electron chi connectivity index (χ0n) is 14.8. The summed E-state index contributed by atoms with van der Waals surface area (Å²) in [6.07, 6.45) is 0. The van der Waals surface area contributed by atoms with Crippen molar-refractivity contribution in [1.29, 1.82) is 0 Å². The molecule has 0 fully saturated rings. The van der Waals surface area contributed by atoms with Crippen molar-refractivity contribution in [3.8, 4) is 5.75 Å². The van der Waals surface area contributed by atoms with E-state index < -0.39 is 0 Å². The first-order chi connectivity index (χ1) is 13.5. The molecular formula is C17H14ClN5O3S2. The van der Waals surface area contributed by atoms with Gasteiger partial charge >= 0.3 is 0 Å². The molecule has 0 radical (unpaired) electrons. The lowest BCUT2D eigenvalue weighted by Gasteiger charge is -2.08. The highest BCUT2D eigenvalue weighted by Crippen LogP contribution is 2.28. The highest BCUT2D eigenvalue weighted by molar-refractivity contribution is 7.99. The summed E-state index contributed by atoms with van der Waals surface area (Å²) in [5, 5.41) is 13.8. The third-order valence-corrected chi connectivity index (χ3v) is 6.18. The van der Waals surface area contributed by atoms with E-state index in [1.54, 1.807) is 29.6 Å². The Kier molecular flexibility index (Phi) is 5.00. The minimum Gasteiger partial charge on any atom is -0.495 e. The lowest BCUT2D eigenvalue weighted by molar-refractivity contribution is -0.113. The van der Waals surface area contributed by atoms with Crippen LogP contribution in [0.4, 0.5) is 5.69 Å². The van der Waals surface area contributed by atoms with Crippen molar-refractivity contribution in [2.45, 2.75) is 5.16 Å². The molecule has 0 aliphatic carbocycles. The van der Waals surface area contributed by atoms with E-state index in [1.807, 2.05) is 11.4 Å². The normalized spacial score (nSPS) is 11.2. The van der Waals surface area contributed by atoms with Gasteiger partial charge in [-0.25, -0.2) is 0 Å². The van der Waals surface area contributed by atoms with Gasteiger partial charge in [-0.2, -0.15) is 0 Å². The van der Waals surface area contributed by atoms with Crippen molar-refractivity contribution in [3.63, 3.8) is 0 Å². The van der Waals surface area contributed by atoms with Crippen LogP contribution in [0.5, 0.6) is 5.75 Å². The first kappa shape index (κ1) is 18.8. The molecule has 4 aromatic rings. The molecule has 0 aliphatic heterocycles. The summed E-state index contributed by atoms with van der Waals surface area (Å²) in [5.41, 5.74) is 1.19. The number of carbonyl (C=O) groups excluding carboxylic acids is 1. The topological polar surface area (TPSA) is 90.5 Å². The van der Waals surface area contributed by atoms with Gasteiger partial charge in [0.2, 0.25) is 11.7 Å². The molecule has 1 amide bonds. The number of thioether (sulfide) groups is 1. The van der Waals surface area contributed by atoms with E-state index in [2.05, 4.69) is 15.5 Å². The Morgan fingerprint density at radius 1 is 1.36 bits per heavy atom. The van der Waals surface area contributed by atoms with Crippen molar-refractivity contribution in [2.75, 3.05) is 18.2 Å². The van der Waals surface area contributed by atoms with Gasteiger partial charge in [0, 0.05) is 12.7 Å². The predicted molar refractivity (Wildman–Crippen MR) is 111 cm³/mol. The molecule has 3 aromatic heterocycles. The third kappa shape index (κ3) is 3.23. The molecule has 0 unspecified atom stereocenters. The van der Waals surface area contributed by atoms with Crippen LogP contribution >= 0.6 is 34.7 Å². The van der Waals surface area contributed by atoms with Gasteiger partial charge in [0.25, 0.3) is 5.56 Å². The summed E-state index contributed by atoms with van der Waals surface area (Å²) in [6, 6.07) is 6.87. The Labute approximate surface area is 172 Å². The molecule has 1 aromatic carbocycles. The van der Waals surface area contributed by atoms with Crippen LogP contribution in [0.25, 0.3) is 16.0 Å². The Hall–Kier alpha value is -2.56. The van der Waals surface area contributed by atoms with E-state index in [0.29, 0.717) is 32.1 Å². The maximum Gasteiger partial charge on any atom is 0.272 e. The van der Waals surface area contributed by atoms with E-state index in [-0.39, 0.29) is 17.2 Å². The second-order valence-corrected chi connectivity index (χ2v) is 8.07. The number of thiophene rings is 1. The van der Waals surface area contributed by atoms with Crippen molar-refractivity contribution >= 4 is 62.3 Å². The molecule has 144 valence electrons. The number of aromatic nitrogens is 4. The van der Waals surface area contributed by atoms with Gasteiger partial charge in [0.05, 0.1) is 23.4 Å². The van der Waals surface area contributed by atoms with Crippen LogP contribution in [-0.2, 0) is 11.8 Å². The number of benzene rings is 1. The molecule has 0 spiro atoms. The molecule has 0 aliphatic rings. The van der Waals surface area contributed by atoms with Crippen LogP contribution in [0.1, 0.15) is 0 Å². The molecule has 8 nitrogen and oxygen atoms in total. The molecule has 3 heterocycles. The van der Waals surface area contributed by atoms with Gasteiger partial charge in [0.1, 0.15) is 10.4 Å². The van der Waals surface area contributed by atoms with Crippen LogP contribution in [0.2, 0.25) is 5.02 Å². The highest BCUT2D eigenvalue weighted by Gasteiger charge is 2.17. The standard InChI is InChI=1S/C17H14ClN5O3S2/c1-22-15(25)14-11(5-6-27-14)23-16(22)20-21-17(23)28-8-13(24)19-9-3-4-12(26-2)10(18)7-9/h3-7H,8H2,1-2H3,(H,19,24). The summed E-state index contributed by atoms with van der Waals surface area (Å²) in [7, 11) is 3.18. The monoisotopic (exact) mass is 435 g/mol. The highest BCUT2D eigenvalue weighted by atomic mass is 35.5. The fourth-order valence-corrected chi connectivity index (χ4v) is 4.59. The second-order valence-electron chi connectivity index (χ2n) is 5.80. The summed E-state index contributed by atoms with van der Waals surface area (Å²) in [6.45, 7) is 0. The van der Waals surface area contributed by atoms with Crippen LogP contribution < -0.4 is 15.6 Å².